The van der Waals surface area contributed by atoms with Crippen molar-refractivity contribution in [1.29, 1.82) is 0 Å². The summed E-state index contributed by atoms with van der Waals surface area (Å²) in [5.74, 6) is 0. The summed E-state index contributed by atoms with van der Waals surface area (Å²) >= 11 is 0. The first-order chi connectivity index (χ1) is 7.90. The lowest BCUT2D eigenvalue weighted by Crippen LogP contribution is -2.37. The molecule has 1 atom stereocenters. The van der Waals surface area contributed by atoms with Gasteiger partial charge in [0.15, 0.2) is 6.17 Å². The fraction of sp³-hybridized carbons (Fsp3) is 0.455. The molecule has 0 amide bonds. The van der Waals surface area contributed by atoms with Crippen molar-refractivity contribution in [2.45, 2.75) is 25.6 Å². The highest BCUT2D eigenvalue weighted by molar-refractivity contribution is 5.14. The van der Waals surface area contributed by atoms with Crippen molar-refractivity contribution in [3.63, 3.8) is 0 Å². The van der Waals surface area contributed by atoms with E-state index in [-0.39, 0.29) is 6.17 Å². The van der Waals surface area contributed by atoms with Crippen LogP contribution in [0, 0.1) is 0 Å². The van der Waals surface area contributed by atoms with Crippen LogP contribution in [0.4, 0.5) is 0 Å². The second-order valence-electron chi connectivity index (χ2n) is 3.87. The lowest BCUT2D eigenvalue weighted by atomic mass is 10.2. The first-order valence-corrected chi connectivity index (χ1v) is 5.49. The molecule has 1 aromatic rings. The lowest BCUT2D eigenvalue weighted by molar-refractivity contribution is 0.222. The molecule has 1 fully saturated rings. The fourth-order valence-electron chi connectivity index (χ4n) is 1.95. The number of nitrogens with zero attached hydrogens (tertiary/aromatic N) is 4. The van der Waals surface area contributed by atoms with Gasteiger partial charge in [-0.3, -0.25) is 5.32 Å². The Morgan fingerprint density at radius 2 is 2.25 bits per heavy atom. The van der Waals surface area contributed by atoms with Crippen LogP contribution in [0.25, 0.3) is 10.4 Å². The van der Waals surface area contributed by atoms with Gasteiger partial charge in [-0.25, -0.2) is 5.01 Å². The zero-order valence-corrected chi connectivity index (χ0v) is 9.08. The first-order valence-electron chi connectivity index (χ1n) is 5.49. The molecule has 0 aromatic heterocycles. The van der Waals surface area contributed by atoms with Crippen LogP contribution in [-0.2, 0) is 6.54 Å². The van der Waals surface area contributed by atoms with Crippen molar-refractivity contribution in [2.24, 2.45) is 5.22 Å². The van der Waals surface area contributed by atoms with Gasteiger partial charge in [0, 0.05) is 13.0 Å². The summed E-state index contributed by atoms with van der Waals surface area (Å²) in [6.07, 6.45) is 2.29. The van der Waals surface area contributed by atoms with Gasteiger partial charge < -0.3 is 0 Å². The highest BCUT2D eigenvalue weighted by Gasteiger charge is 2.25. The van der Waals surface area contributed by atoms with E-state index in [1.54, 1.807) is 5.01 Å². The maximum atomic E-state index is 8.42. The minimum absolute atomic E-state index is 0.177. The molecule has 1 aliphatic heterocycles. The predicted molar refractivity (Wildman–Crippen MR) is 62.2 cm³/mol. The molecule has 1 N–H and O–H groups in total. The molecular formula is C11H15N5. The van der Waals surface area contributed by atoms with E-state index < -0.39 is 0 Å². The van der Waals surface area contributed by atoms with E-state index in [9.17, 15) is 0 Å². The van der Waals surface area contributed by atoms with Gasteiger partial charge in [0.1, 0.15) is 0 Å². The minimum atomic E-state index is 0.177. The summed E-state index contributed by atoms with van der Waals surface area (Å²) in [6.45, 7) is 1.65. The van der Waals surface area contributed by atoms with Crippen LogP contribution in [-0.4, -0.2) is 17.7 Å². The lowest BCUT2D eigenvalue weighted by Gasteiger charge is -2.17. The van der Waals surface area contributed by atoms with Crippen LogP contribution in [0.3, 0.4) is 0 Å². The third kappa shape index (κ3) is 2.66. The van der Waals surface area contributed by atoms with Gasteiger partial charge in [0.25, 0.3) is 0 Å². The summed E-state index contributed by atoms with van der Waals surface area (Å²) in [6, 6.07) is 10.2. The van der Waals surface area contributed by atoms with E-state index in [4.69, 9.17) is 5.53 Å². The Morgan fingerprint density at radius 3 is 3.00 bits per heavy atom. The Kier molecular flexibility index (Phi) is 3.64. The molecule has 0 bridgehead atoms. The fourth-order valence-corrected chi connectivity index (χ4v) is 1.95. The standard InChI is InChI=1S/C11H15N5/c12-14-15-16-8-4-7-11(16)13-9-10-5-2-1-3-6-10/h1-3,5-6,11,13H,4,7-9H2. The third-order valence-electron chi connectivity index (χ3n) is 2.76. The molecular weight excluding hydrogens is 202 g/mol. The number of azide groups is 1. The van der Waals surface area contributed by atoms with Gasteiger partial charge in [0.2, 0.25) is 0 Å². The van der Waals surface area contributed by atoms with Gasteiger partial charge in [-0.1, -0.05) is 30.3 Å². The highest BCUT2D eigenvalue weighted by atomic mass is 15.6. The third-order valence-corrected chi connectivity index (χ3v) is 2.76. The Bertz CT molecular complexity index is 371. The van der Waals surface area contributed by atoms with Crippen molar-refractivity contribution in [1.82, 2.24) is 10.3 Å². The van der Waals surface area contributed by atoms with Crippen LogP contribution >= 0.6 is 0 Å². The van der Waals surface area contributed by atoms with Gasteiger partial charge in [-0.05, 0) is 17.2 Å². The van der Waals surface area contributed by atoms with Gasteiger partial charge >= 0.3 is 0 Å². The van der Waals surface area contributed by atoms with Crippen LogP contribution in [0.2, 0.25) is 0 Å². The minimum Gasteiger partial charge on any atom is -0.275 e. The summed E-state index contributed by atoms with van der Waals surface area (Å²) in [5, 5.41) is 8.84. The first kappa shape index (κ1) is 10.8. The van der Waals surface area contributed by atoms with Gasteiger partial charge in [-0.2, -0.15) is 4.91 Å². The summed E-state index contributed by atoms with van der Waals surface area (Å²) < 4.78 is 0. The largest absolute Gasteiger partial charge is 0.275 e. The monoisotopic (exact) mass is 217 g/mol. The molecule has 1 saturated heterocycles. The Hall–Kier alpha value is -1.71. The topological polar surface area (TPSA) is 64.0 Å². The molecule has 2 rings (SSSR count). The second kappa shape index (κ2) is 5.39. The van der Waals surface area contributed by atoms with E-state index in [1.165, 1.54) is 5.56 Å². The molecule has 1 unspecified atom stereocenters. The molecule has 0 radical (unpaired) electrons. The molecule has 0 aliphatic carbocycles. The molecule has 5 heteroatoms. The number of benzene rings is 1. The summed E-state index contributed by atoms with van der Waals surface area (Å²) in [5.41, 5.74) is 9.66. The average Bonchev–Trinajstić information content (AvgIpc) is 2.76. The number of hydrogen-bond donors (Lipinski definition) is 1. The van der Waals surface area contributed by atoms with Crippen molar-refractivity contribution < 1.29 is 0 Å². The molecule has 1 aromatic carbocycles. The van der Waals surface area contributed by atoms with Crippen LogP contribution < -0.4 is 5.32 Å². The highest BCUT2D eigenvalue weighted by Crippen LogP contribution is 2.15. The van der Waals surface area contributed by atoms with Crippen molar-refractivity contribution >= 4 is 0 Å². The Balaban J connectivity index is 1.88. The molecule has 1 aliphatic rings. The smallest absolute Gasteiger partial charge is 0.152 e. The number of hydrogen-bond acceptors (Lipinski definition) is 2. The average molecular weight is 217 g/mol. The summed E-state index contributed by atoms with van der Waals surface area (Å²) in [7, 11) is 0. The van der Waals surface area contributed by atoms with E-state index >= 15 is 0 Å². The van der Waals surface area contributed by atoms with Crippen molar-refractivity contribution in [2.75, 3.05) is 6.54 Å². The van der Waals surface area contributed by atoms with E-state index in [0.717, 1.165) is 25.9 Å². The normalized spacial score (nSPS) is 19.5. The zero-order valence-electron chi connectivity index (χ0n) is 9.08. The number of nitrogens with one attached hydrogen (secondary N) is 1. The van der Waals surface area contributed by atoms with Crippen molar-refractivity contribution in [3.8, 4) is 0 Å². The maximum absolute atomic E-state index is 8.42. The predicted octanol–water partition coefficient (Wildman–Crippen LogP) is 2.42. The summed E-state index contributed by atoms with van der Waals surface area (Å²) in [4.78, 5) is 2.83. The molecule has 84 valence electrons. The Morgan fingerprint density at radius 1 is 1.44 bits per heavy atom. The van der Waals surface area contributed by atoms with Crippen LogP contribution in [0.15, 0.2) is 35.6 Å². The zero-order chi connectivity index (χ0) is 11.2. The maximum Gasteiger partial charge on any atom is 0.152 e. The van der Waals surface area contributed by atoms with Gasteiger partial charge in [0.05, 0.1) is 6.54 Å². The quantitative estimate of drug-likeness (QED) is 0.478. The van der Waals surface area contributed by atoms with Crippen molar-refractivity contribution in [3.05, 3.63) is 46.3 Å². The van der Waals surface area contributed by atoms with E-state index in [2.05, 4.69) is 27.6 Å². The molecule has 0 saturated carbocycles. The van der Waals surface area contributed by atoms with E-state index in [1.807, 2.05) is 18.2 Å². The second-order valence-corrected chi connectivity index (χ2v) is 3.87. The SMILES string of the molecule is [N-]=[N+]=NN1CCCC1NCc1ccccc1. The van der Waals surface area contributed by atoms with Crippen LogP contribution in [0.1, 0.15) is 18.4 Å². The number of rotatable bonds is 4. The van der Waals surface area contributed by atoms with Crippen LogP contribution in [0.5, 0.6) is 0 Å². The van der Waals surface area contributed by atoms with E-state index in [0.29, 0.717) is 0 Å². The molecule has 0 spiro atoms. The molecule has 16 heavy (non-hydrogen) atoms. The van der Waals surface area contributed by atoms with Gasteiger partial charge in [-0.15, -0.1) is 5.53 Å². The Labute approximate surface area is 94.7 Å². The molecule has 5 nitrogen and oxygen atoms in total. The molecule has 1 heterocycles.